The number of carbonyl (C=O) groups is 1. The minimum absolute atomic E-state index is 0.0218. The van der Waals surface area contributed by atoms with Crippen LogP contribution in [0.1, 0.15) is 71.1 Å². The summed E-state index contributed by atoms with van der Waals surface area (Å²) >= 11 is 0. The maximum absolute atomic E-state index is 13.9. The molecule has 1 aliphatic carbocycles. The topological polar surface area (TPSA) is 92.5 Å². The Kier molecular flexibility index (Phi) is 9.52. The minimum atomic E-state index is -0.730. The molecule has 5 fully saturated rings. The van der Waals surface area contributed by atoms with Crippen molar-refractivity contribution in [1.82, 2.24) is 36.8 Å². The second kappa shape index (κ2) is 12.8. The second-order valence-corrected chi connectivity index (χ2v) is 12.3. The molecule has 5 aliphatic rings. The number of carbonyl (C=O) groups excluding carboxylic acids is 1. The Labute approximate surface area is 217 Å². The molecule has 9 atom stereocenters. The van der Waals surface area contributed by atoms with E-state index in [0.29, 0.717) is 31.0 Å². The first-order chi connectivity index (χ1) is 17.5. The molecule has 0 aromatic heterocycles. The Bertz CT molecular complexity index is 708. The van der Waals surface area contributed by atoms with Gasteiger partial charge in [-0.3, -0.25) is 25.6 Å². The van der Waals surface area contributed by atoms with Gasteiger partial charge in [0.15, 0.2) is 0 Å². The highest BCUT2D eigenvalue weighted by atomic mass is 19.1. The summed E-state index contributed by atoms with van der Waals surface area (Å²) in [6, 6.07) is 1.17. The van der Waals surface area contributed by atoms with E-state index in [4.69, 9.17) is 0 Å². The summed E-state index contributed by atoms with van der Waals surface area (Å²) in [5, 5.41) is 21.9. The Balaban J connectivity index is 1.09. The number of hydrogen-bond acceptors (Lipinski definition) is 7. The lowest BCUT2D eigenvalue weighted by atomic mass is 9.82. The van der Waals surface area contributed by atoms with Gasteiger partial charge in [0.05, 0.1) is 6.17 Å². The smallest absolute Gasteiger partial charge is 0.223 e. The van der Waals surface area contributed by atoms with Crippen molar-refractivity contribution in [3.63, 3.8) is 0 Å². The van der Waals surface area contributed by atoms with E-state index in [1.807, 2.05) is 0 Å². The molecule has 0 radical (unpaired) electrons. The number of nitrogens with one attached hydrogen (secondary N) is 6. The average Bonchev–Trinajstić information content (AvgIpc) is 2.91. The Morgan fingerprint density at radius 1 is 0.972 bits per heavy atom. The number of likely N-dealkylation sites (tertiary alicyclic amines) is 1. The fourth-order valence-corrected chi connectivity index (χ4v) is 7.31. The number of halogens is 1. The van der Waals surface area contributed by atoms with Crippen molar-refractivity contribution in [2.45, 2.75) is 108 Å². The van der Waals surface area contributed by atoms with E-state index >= 15 is 0 Å². The maximum Gasteiger partial charge on any atom is 0.223 e. The minimum Gasteiger partial charge on any atom is -0.353 e. The number of rotatable bonds is 6. The Morgan fingerprint density at radius 2 is 1.86 bits per heavy atom. The van der Waals surface area contributed by atoms with Crippen LogP contribution < -0.4 is 31.9 Å². The fourth-order valence-electron chi connectivity index (χ4n) is 7.31. The molecular weight excluding hydrogens is 457 g/mol. The van der Waals surface area contributed by atoms with Gasteiger partial charge in [0, 0.05) is 30.6 Å². The van der Waals surface area contributed by atoms with Crippen LogP contribution in [0.25, 0.3) is 0 Å². The van der Waals surface area contributed by atoms with Crippen molar-refractivity contribution in [1.29, 1.82) is 0 Å². The molecule has 0 aromatic rings. The molecule has 9 heteroatoms. The molecule has 4 heterocycles. The van der Waals surface area contributed by atoms with Crippen molar-refractivity contribution < 1.29 is 9.18 Å². The lowest BCUT2D eigenvalue weighted by Gasteiger charge is -2.43. The van der Waals surface area contributed by atoms with Gasteiger partial charge in [-0.05, 0) is 109 Å². The molecule has 1 saturated carbocycles. The van der Waals surface area contributed by atoms with Crippen LogP contribution in [0.4, 0.5) is 4.39 Å². The lowest BCUT2D eigenvalue weighted by molar-refractivity contribution is -0.128. The average molecular weight is 508 g/mol. The number of hydrogen-bond donors (Lipinski definition) is 6. The van der Waals surface area contributed by atoms with E-state index in [2.05, 4.69) is 43.7 Å². The van der Waals surface area contributed by atoms with E-state index in [-0.39, 0.29) is 30.3 Å². The first kappa shape index (κ1) is 26.8. The van der Waals surface area contributed by atoms with Crippen LogP contribution in [0.5, 0.6) is 0 Å². The first-order valence-electron chi connectivity index (χ1n) is 14.9. The highest BCUT2D eigenvalue weighted by Gasteiger charge is 2.36. The summed E-state index contributed by atoms with van der Waals surface area (Å²) < 4.78 is 13.9. The third kappa shape index (κ3) is 6.97. The standard InChI is InChI=1S/C27H50FN7O/c1-18-6-7-22(15-24(18)34-27-31-12-9-23(33-27)20-4-2-10-29-16-20)32-26(36)19-8-11-30-25(14-19)35-13-3-5-21(28)17-35/h18-25,27,29-31,33-34H,2-17H2,1H3,(H,32,36). The number of alkyl halides is 1. The molecule has 4 aliphatic heterocycles. The molecule has 0 spiro atoms. The summed E-state index contributed by atoms with van der Waals surface area (Å²) in [4.78, 5) is 15.5. The fraction of sp³-hybridized carbons (Fsp3) is 0.963. The van der Waals surface area contributed by atoms with Gasteiger partial charge < -0.3 is 16.0 Å². The molecule has 0 aromatic carbocycles. The third-order valence-corrected chi connectivity index (χ3v) is 9.60. The van der Waals surface area contributed by atoms with E-state index in [1.165, 1.54) is 19.3 Å². The summed E-state index contributed by atoms with van der Waals surface area (Å²) in [7, 11) is 0. The molecule has 0 bridgehead atoms. The molecular formula is C27H50FN7O. The van der Waals surface area contributed by atoms with E-state index in [1.54, 1.807) is 0 Å². The molecule has 206 valence electrons. The quantitative estimate of drug-likeness (QED) is 0.322. The summed E-state index contributed by atoms with van der Waals surface area (Å²) in [6.07, 6.45) is 9.72. The highest BCUT2D eigenvalue weighted by molar-refractivity contribution is 5.79. The molecule has 4 saturated heterocycles. The first-order valence-corrected chi connectivity index (χ1v) is 14.9. The van der Waals surface area contributed by atoms with E-state index < -0.39 is 6.17 Å². The van der Waals surface area contributed by atoms with Gasteiger partial charge in [0.2, 0.25) is 5.91 Å². The van der Waals surface area contributed by atoms with Crippen molar-refractivity contribution in [2.24, 2.45) is 17.8 Å². The van der Waals surface area contributed by atoms with Crippen LogP contribution in [0.3, 0.4) is 0 Å². The van der Waals surface area contributed by atoms with Crippen molar-refractivity contribution in [2.75, 3.05) is 39.3 Å². The predicted molar refractivity (Wildman–Crippen MR) is 141 cm³/mol. The normalized spacial score (nSPS) is 43.1. The van der Waals surface area contributed by atoms with Gasteiger partial charge >= 0.3 is 0 Å². The van der Waals surface area contributed by atoms with Crippen molar-refractivity contribution >= 4 is 5.91 Å². The van der Waals surface area contributed by atoms with Crippen LogP contribution >= 0.6 is 0 Å². The predicted octanol–water partition coefficient (Wildman–Crippen LogP) is 1.24. The van der Waals surface area contributed by atoms with Gasteiger partial charge in [-0.15, -0.1) is 0 Å². The monoisotopic (exact) mass is 507 g/mol. The van der Waals surface area contributed by atoms with E-state index in [9.17, 15) is 9.18 Å². The van der Waals surface area contributed by atoms with Gasteiger partial charge in [0.1, 0.15) is 12.5 Å². The van der Waals surface area contributed by atoms with Crippen LogP contribution in [-0.4, -0.2) is 86.8 Å². The number of piperidine rings is 3. The summed E-state index contributed by atoms with van der Waals surface area (Å²) in [5.41, 5.74) is 0. The van der Waals surface area contributed by atoms with Crippen molar-refractivity contribution in [3.05, 3.63) is 0 Å². The summed E-state index contributed by atoms with van der Waals surface area (Å²) in [5.74, 6) is 1.53. The van der Waals surface area contributed by atoms with E-state index in [0.717, 1.165) is 77.2 Å². The Morgan fingerprint density at radius 3 is 2.69 bits per heavy atom. The number of nitrogens with zero attached hydrogens (tertiary/aromatic N) is 1. The zero-order valence-electron chi connectivity index (χ0n) is 22.2. The van der Waals surface area contributed by atoms with Crippen molar-refractivity contribution in [3.8, 4) is 0 Å². The second-order valence-electron chi connectivity index (χ2n) is 12.3. The molecule has 9 unspecified atom stereocenters. The maximum atomic E-state index is 13.9. The molecule has 5 rings (SSSR count). The molecule has 6 N–H and O–H groups in total. The summed E-state index contributed by atoms with van der Waals surface area (Å²) in [6.45, 7) is 7.94. The number of amides is 1. The molecule has 36 heavy (non-hydrogen) atoms. The van der Waals surface area contributed by atoms with Gasteiger partial charge in [-0.25, -0.2) is 4.39 Å². The lowest BCUT2D eigenvalue weighted by Crippen LogP contribution is -2.66. The highest BCUT2D eigenvalue weighted by Crippen LogP contribution is 2.27. The van der Waals surface area contributed by atoms with Crippen LogP contribution in [-0.2, 0) is 4.79 Å². The van der Waals surface area contributed by atoms with Gasteiger partial charge in [0.25, 0.3) is 0 Å². The van der Waals surface area contributed by atoms with Gasteiger partial charge in [-0.1, -0.05) is 6.92 Å². The molecule has 1 amide bonds. The third-order valence-electron chi connectivity index (χ3n) is 9.60. The zero-order chi connectivity index (χ0) is 24.9. The zero-order valence-corrected chi connectivity index (χ0v) is 22.2. The Hall–Kier alpha value is -0.840. The van der Waals surface area contributed by atoms with Crippen LogP contribution in [0, 0.1) is 17.8 Å². The SMILES string of the molecule is CC1CCC(NC(=O)C2CCNC(N3CCCC(F)C3)C2)CC1NC1NCCC(C2CCCNC2)N1. The van der Waals surface area contributed by atoms with Gasteiger partial charge in [-0.2, -0.15) is 0 Å². The van der Waals surface area contributed by atoms with Crippen LogP contribution in [0.2, 0.25) is 0 Å². The largest absolute Gasteiger partial charge is 0.353 e. The molecule has 8 nitrogen and oxygen atoms in total. The van der Waals surface area contributed by atoms with Crippen LogP contribution in [0.15, 0.2) is 0 Å².